The first-order chi connectivity index (χ1) is 8.25. The summed E-state index contributed by atoms with van der Waals surface area (Å²) in [5.41, 5.74) is 5.10. The molecular weight excluding hydrogens is 340 g/mol. The van der Waals surface area contributed by atoms with E-state index in [1.54, 1.807) is 11.4 Å². The Kier molecular flexibility index (Phi) is 5.32. The molecule has 0 atom stereocenters. The summed E-state index contributed by atoms with van der Waals surface area (Å²) in [4.78, 5) is 11.0. The van der Waals surface area contributed by atoms with Gasteiger partial charge in [0.25, 0.3) is 10.0 Å². The second-order valence-electron chi connectivity index (χ2n) is 4.21. The number of carbonyl (C=O) groups is 1. The zero-order valence-corrected chi connectivity index (χ0v) is 13.3. The van der Waals surface area contributed by atoms with Crippen molar-refractivity contribution in [3.8, 4) is 0 Å². The van der Waals surface area contributed by atoms with E-state index in [-0.39, 0.29) is 23.2 Å². The molecule has 8 heteroatoms. The summed E-state index contributed by atoms with van der Waals surface area (Å²) in [6.07, 6.45) is 0. The summed E-state index contributed by atoms with van der Waals surface area (Å²) < 4.78 is 26.6. The van der Waals surface area contributed by atoms with Gasteiger partial charge in [-0.05, 0) is 33.3 Å². The number of thiophene rings is 1. The molecular formula is C10H15BrN2O3S2. The Morgan fingerprint density at radius 3 is 2.56 bits per heavy atom. The number of primary amides is 1. The number of nitrogens with zero attached hydrogens (tertiary/aromatic N) is 1. The van der Waals surface area contributed by atoms with E-state index in [1.807, 2.05) is 13.8 Å². The van der Waals surface area contributed by atoms with Gasteiger partial charge >= 0.3 is 0 Å². The topological polar surface area (TPSA) is 80.5 Å². The van der Waals surface area contributed by atoms with Crippen molar-refractivity contribution in [2.45, 2.75) is 18.1 Å². The summed E-state index contributed by atoms with van der Waals surface area (Å²) in [5.74, 6) is -0.551. The molecule has 0 saturated carbocycles. The van der Waals surface area contributed by atoms with Crippen molar-refractivity contribution in [3.05, 3.63) is 15.9 Å². The van der Waals surface area contributed by atoms with E-state index < -0.39 is 15.9 Å². The summed E-state index contributed by atoms with van der Waals surface area (Å²) in [7, 11) is -3.67. The molecule has 0 unspecified atom stereocenters. The molecule has 1 heterocycles. The van der Waals surface area contributed by atoms with Crippen molar-refractivity contribution in [2.24, 2.45) is 11.7 Å². The van der Waals surface area contributed by atoms with Crippen molar-refractivity contribution >= 4 is 43.2 Å². The smallest absolute Gasteiger partial charge is 0.254 e. The van der Waals surface area contributed by atoms with E-state index >= 15 is 0 Å². The first kappa shape index (κ1) is 15.6. The predicted molar refractivity (Wildman–Crippen MR) is 74.8 cm³/mol. The van der Waals surface area contributed by atoms with Crippen molar-refractivity contribution in [1.82, 2.24) is 4.31 Å². The van der Waals surface area contributed by atoms with Gasteiger partial charge in [0.2, 0.25) is 5.91 Å². The number of rotatable bonds is 6. The van der Waals surface area contributed by atoms with Gasteiger partial charge in [-0.25, -0.2) is 8.42 Å². The number of hydrogen-bond donors (Lipinski definition) is 1. The third kappa shape index (κ3) is 3.78. The van der Waals surface area contributed by atoms with Crippen LogP contribution in [0, 0.1) is 5.92 Å². The Hall–Kier alpha value is -0.440. The fourth-order valence-electron chi connectivity index (χ4n) is 1.41. The van der Waals surface area contributed by atoms with E-state index in [4.69, 9.17) is 5.73 Å². The Morgan fingerprint density at radius 2 is 2.17 bits per heavy atom. The molecule has 102 valence electrons. The molecule has 1 aromatic heterocycles. The normalized spacial score (nSPS) is 12.3. The van der Waals surface area contributed by atoms with Crippen LogP contribution in [0.5, 0.6) is 0 Å². The van der Waals surface area contributed by atoms with Crippen molar-refractivity contribution < 1.29 is 13.2 Å². The third-order valence-electron chi connectivity index (χ3n) is 2.06. The summed E-state index contributed by atoms with van der Waals surface area (Å²) in [6.45, 7) is 3.72. The van der Waals surface area contributed by atoms with Gasteiger partial charge in [-0.1, -0.05) is 13.8 Å². The van der Waals surface area contributed by atoms with E-state index in [9.17, 15) is 13.2 Å². The Labute approximate surface area is 119 Å². The zero-order chi connectivity index (χ0) is 13.9. The molecule has 1 amide bonds. The Bertz CT molecular complexity index is 525. The van der Waals surface area contributed by atoms with Crippen molar-refractivity contribution in [1.29, 1.82) is 0 Å². The highest BCUT2D eigenvalue weighted by atomic mass is 79.9. The highest BCUT2D eigenvalue weighted by molar-refractivity contribution is 9.10. The number of halogens is 1. The van der Waals surface area contributed by atoms with Crippen LogP contribution in [0.3, 0.4) is 0 Å². The summed E-state index contributed by atoms with van der Waals surface area (Å²) in [6, 6.07) is 1.66. The largest absolute Gasteiger partial charge is 0.369 e. The van der Waals surface area contributed by atoms with Crippen molar-refractivity contribution in [3.63, 3.8) is 0 Å². The molecule has 0 saturated heterocycles. The van der Waals surface area contributed by atoms with Crippen LogP contribution in [-0.2, 0) is 14.8 Å². The predicted octanol–water partition coefficient (Wildman–Crippen LogP) is 1.64. The van der Waals surface area contributed by atoms with Crippen LogP contribution < -0.4 is 5.73 Å². The molecule has 0 bridgehead atoms. The monoisotopic (exact) mass is 354 g/mol. The third-order valence-corrected chi connectivity index (χ3v) is 6.52. The molecule has 0 aromatic carbocycles. The lowest BCUT2D eigenvalue weighted by molar-refractivity contribution is -0.118. The number of hydrogen-bond acceptors (Lipinski definition) is 4. The van der Waals surface area contributed by atoms with Crippen LogP contribution in [0.2, 0.25) is 0 Å². The van der Waals surface area contributed by atoms with Gasteiger partial charge in [0.05, 0.1) is 6.54 Å². The first-order valence-corrected chi connectivity index (χ1v) is 8.38. The molecule has 0 radical (unpaired) electrons. The minimum Gasteiger partial charge on any atom is -0.369 e. The highest BCUT2D eigenvalue weighted by Crippen LogP contribution is 2.30. The van der Waals surface area contributed by atoms with Crippen LogP contribution in [0.1, 0.15) is 13.8 Å². The minimum atomic E-state index is -3.67. The standard InChI is InChI=1S/C10H15BrN2O3S2/c1-7(2)5-13(6-9(12)14)18(15,16)10-8(11)3-4-17-10/h3-4,7H,5-6H2,1-2H3,(H2,12,14). The second-order valence-corrected chi connectivity index (χ2v) is 8.12. The van der Waals surface area contributed by atoms with Gasteiger partial charge in [-0.15, -0.1) is 11.3 Å². The molecule has 1 rings (SSSR count). The SMILES string of the molecule is CC(C)CN(CC(N)=O)S(=O)(=O)c1sccc1Br. The minimum absolute atomic E-state index is 0.109. The lowest BCUT2D eigenvalue weighted by Gasteiger charge is -2.21. The zero-order valence-electron chi connectivity index (χ0n) is 10.1. The average molecular weight is 355 g/mol. The van der Waals surface area contributed by atoms with E-state index in [2.05, 4.69) is 15.9 Å². The molecule has 1 aromatic rings. The molecule has 0 fully saturated rings. The molecule has 5 nitrogen and oxygen atoms in total. The van der Waals surface area contributed by atoms with Crippen molar-refractivity contribution in [2.75, 3.05) is 13.1 Å². The number of amides is 1. The lowest BCUT2D eigenvalue weighted by atomic mass is 10.2. The van der Waals surface area contributed by atoms with E-state index in [0.29, 0.717) is 4.47 Å². The van der Waals surface area contributed by atoms with Gasteiger partial charge < -0.3 is 5.73 Å². The Balaban J connectivity index is 3.11. The van der Waals surface area contributed by atoms with E-state index in [1.165, 1.54) is 0 Å². The van der Waals surface area contributed by atoms with Crippen LogP contribution >= 0.6 is 27.3 Å². The molecule has 2 N–H and O–H groups in total. The van der Waals surface area contributed by atoms with Crippen LogP contribution in [-0.4, -0.2) is 31.7 Å². The quantitative estimate of drug-likeness (QED) is 0.842. The molecule has 18 heavy (non-hydrogen) atoms. The molecule has 0 aliphatic rings. The summed E-state index contributed by atoms with van der Waals surface area (Å²) >= 11 is 4.30. The van der Waals surface area contributed by atoms with Crippen LogP contribution in [0.25, 0.3) is 0 Å². The fraction of sp³-hybridized carbons (Fsp3) is 0.500. The molecule has 0 spiro atoms. The summed E-state index contributed by atoms with van der Waals surface area (Å²) in [5, 5.41) is 1.68. The number of sulfonamides is 1. The number of nitrogens with two attached hydrogens (primary N) is 1. The molecule has 0 aliphatic heterocycles. The maximum Gasteiger partial charge on any atom is 0.254 e. The van der Waals surface area contributed by atoms with Gasteiger partial charge in [0.15, 0.2) is 0 Å². The van der Waals surface area contributed by atoms with Crippen LogP contribution in [0.15, 0.2) is 20.1 Å². The maximum atomic E-state index is 12.4. The fourth-order valence-corrected chi connectivity index (χ4v) is 5.43. The van der Waals surface area contributed by atoms with Crippen LogP contribution in [0.4, 0.5) is 0 Å². The average Bonchev–Trinajstić information content (AvgIpc) is 2.62. The van der Waals surface area contributed by atoms with Gasteiger partial charge in [-0.2, -0.15) is 4.31 Å². The van der Waals surface area contributed by atoms with Gasteiger partial charge in [-0.3, -0.25) is 4.79 Å². The highest BCUT2D eigenvalue weighted by Gasteiger charge is 2.29. The van der Waals surface area contributed by atoms with E-state index in [0.717, 1.165) is 15.6 Å². The second kappa shape index (κ2) is 6.14. The lowest BCUT2D eigenvalue weighted by Crippen LogP contribution is -2.40. The maximum absolute atomic E-state index is 12.4. The Morgan fingerprint density at radius 1 is 1.56 bits per heavy atom. The van der Waals surface area contributed by atoms with Gasteiger partial charge in [0, 0.05) is 11.0 Å². The number of carbonyl (C=O) groups excluding carboxylic acids is 1. The first-order valence-electron chi connectivity index (χ1n) is 5.26. The van der Waals surface area contributed by atoms with Gasteiger partial charge in [0.1, 0.15) is 4.21 Å². The molecule has 0 aliphatic carbocycles.